The van der Waals surface area contributed by atoms with Crippen LogP contribution in [0.2, 0.25) is 0 Å². The Morgan fingerprint density at radius 3 is 2.50 bits per heavy atom. The molecule has 0 unspecified atom stereocenters. The zero-order valence-corrected chi connectivity index (χ0v) is 12.4. The summed E-state index contributed by atoms with van der Waals surface area (Å²) >= 11 is 0. The van der Waals surface area contributed by atoms with Crippen molar-refractivity contribution in [1.82, 2.24) is 10.6 Å². The fourth-order valence-corrected chi connectivity index (χ4v) is 2.85. The number of aliphatic hydroxyl groups is 3. The van der Waals surface area contributed by atoms with E-state index in [0.717, 1.165) is 25.7 Å². The summed E-state index contributed by atoms with van der Waals surface area (Å²) in [4.78, 5) is 11.1. The van der Waals surface area contributed by atoms with Gasteiger partial charge in [-0.1, -0.05) is 32.6 Å². The van der Waals surface area contributed by atoms with Crippen molar-refractivity contribution >= 4 is 5.91 Å². The van der Waals surface area contributed by atoms with Gasteiger partial charge in [-0.25, -0.2) is 0 Å². The third kappa shape index (κ3) is 4.15. The second-order valence-electron chi connectivity index (χ2n) is 5.75. The molecule has 0 radical (unpaired) electrons. The largest absolute Gasteiger partial charge is 0.395 e. The zero-order valence-electron chi connectivity index (χ0n) is 12.4. The number of aliphatic hydroxyl groups excluding tert-OH is 3. The molecular weight excluding hydrogens is 260 g/mol. The summed E-state index contributed by atoms with van der Waals surface area (Å²) < 4.78 is 0. The number of rotatable bonds is 8. The van der Waals surface area contributed by atoms with Crippen LogP contribution in [-0.4, -0.2) is 58.2 Å². The van der Waals surface area contributed by atoms with Crippen LogP contribution in [0.4, 0.5) is 0 Å². The van der Waals surface area contributed by atoms with Gasteiger partial charge < -0.3 is 20.6 Å². The molecule has 1 aliphatic rings. The zero-order chi connectivity index (χ0) is 15.2. The van der Waals surface area contributed by atoms with Crippen LogP contribution in [0.3, 0.4) is 0 Å². The first-order valence-corrected chi connectivity index (χ1v) is 7.46. The van der Waals surface area contributed by atoms with Crippen molar-refractivity contribution in [3.8, 4) is 0 Å². The molecule has 0 aromatic heterocycles. The highest BCUT2D eigenvalue weighted by Gasteiger charge is 2.51. The molecule has 1 saturated heterocycles. The first kappa shape index (κ1) is 17.4. The van der Waals surface area contributed by atoms with Crippen molar-refractivity contribution in [3.63, 3.8) is 0 Å². The number of unbranched alkanes of at least 4 members (excludes halogenated alkanes) is 3. The highest BCUT2D eigenvalue weighted by molar-refractivity contribution is 5.72. The van der Waals surface area contributed by atoms with Crippen LogP contribution < -0.4 is 10.6 Å². The quantitative estimate of drug-likeness (QED) is 0.388. The molecule has 0 aromatic carbocycles. The average Bonchev–Trinajstić information content (AvgIpc) is 2.67. The molecule has 0 aromatic rings. The van der Waals surface area contributed by atoms with Crippen LogP contribution in [0.15, 0.2) is 0 Å². The lowest BCUT2D eigenvalue weighted by Crippen LogP contribution is -2.57. The normalized spacial score (nSPS) is 33.4. The maximum absolute atomic E-state index is 11.1. The highest BCUT2D eigenvalue weighted by atomic mass is 16.3. The van der Waals surface area contributed by atoms with Gasteiger partial charge in [0.25, 0.3) is 0 Å². The molecule has 4 atom stereocenters. The molecule has 1 heterocycles. The maximum atomic E-state index is 11.1. The fourth-order valence-electron chi connectivity index (χ4n) is 2.85. The molecule has 0 aliphatic carbocycles. The molecule has 1 fully saturated rings. The van der Waals surface area contributed by atoms with Gasteiger partial charge in [-0.15, -0.1) is 0 Å². The van der Waals surface area contributed by atoms with Crippen molar-refractivity contribution in [1.29, 1.82) is 0 Å². The topological polar surface area (TPSA) is 102 Å². The average molecular weight is 288 g/mol. The van der Waals surface area contributed by atoms with Crippen LogP contribution in [0.1, 0.15) is 46.0 Å². The van der Waals surface area contributed by atoms with E-state index in [4.69, 9.17) is 0 Å². The van der Waals surface area contributed by atoms with Crippen molar-refractivity contribution < 1.29 is 20.1 Å². The summed E-state index contributed by atoms with van der Waals surface area (Å²) in [5, 5.41) is 35.4. The molecule has 0 saturated carbocycles. The minimum absolute atomic E-state index is 0.172. The SMILES string of the molecule is CCCCCC[C@]1(CNC(C)=O)N[C@H](CO)[C@@H](O)[C@@H]1O. The molecule has 118 valence electrons. The molecule has 20 heavy (non-hydrogen) atoms. The number of hydrogen-bond acceptors (Lipinski definition) is 5. The molecule has 0 spiro atoms. The lowest BCUT2D eigenvalue weighted by molar-refractivity contribution is -0.119. The molecule has 1 rings (SSSR count). The van der Waals surface area contributed by atoms with Crippen LogP contribution in [0.25, 0.3) is 0 Å². The summed E-state index contributed by atoms with van der Waals surface area (Å²) in [6, 6.07) is -0.551. The lowest BCUT2D eigenvalue weighted by Gasteiger charge is -2.33. The molecular formula is C14H28N2O4. The van der Waals surface area contributed by atoms with E-state index in [0.29, 0.717) is 6.42 Å². The minimum atomic E-state index is -1.01. The van der Waals surface area contributed by atoms with Crippen LogP contribution in [0, 0.1) is 0 Å². The van der Waals surface area contributed by atoms with Crippen molar-refractivity contribution in [3.05, 3.63) is 0 Å². The Morgan fingerprint density at radius 2 is 2.00 bits per heavy atom. The van der Waals surface area contributed by atoms with Gasteiger partial charge in [0.15, 0.2) is 0 Å². The maximum Gasteiger partial charge on any atom is 0.216 e. The summed E-state index contributed by atoms with van der Waals surface area (Å²) in [5.74, 6) is -0.172. The summed E-state index contributed by atoms with van der Waals surface area (Å²) in [5.41, 5.74) is -0.758. The van der Waals surface area contributed by atoms with E-state index in [1.165, 1.54) is 6.92 Å². The monoisotopic (exact) mass is 288 g/mol. The molecule has 6 heteroatoms. The van der Waals surface area contributed by atoms with E-state index in [-0.39, 0.29) is 19.1 Å². The van der Waals surface area contributed by atoms with Crippen LogP contribution >= 0.6 is 0 Å². The summed E-state index contributed by atoms with van der Waals surface area (Å²) in [7, 11) is 0. The number of nitrogens with one attached hydrogen (secondary N) is 2. The lowest BCUT2D eigenvalue weighted by atomic mass is 9.87. The third-order valence-corrected chi connectivity index (χ3v) is 4.10. The van der Waals surface area contributed by atoms with Gasteiger partial charge in [-0.3, -0.25) is 10.1 Å². The van der Waals surface area contributed by atoms with Crippen LogP contribution in [-0.2, 0) is 4.79 Å². The fraction of sp³-hybridized carbons (Fsp3) is 0.929. The van der Waals surface area contributed by atoms with E-state index >= 15 is 0 Å². The second kappa shape index (κ2) is 7.93. The molecule has 0 bridgehead atoms. The summed E-state index contributed by atoms with van der Waals surface area (Å²) in [6.07, 6.45) is 2.85. The van der Waals surface area contributed by atoms with E-state index in [9.17, 15) is 20.1 Å². The Hall–Kier alpha value is -0.690. The Balaban J connectivity index is 2.70. The van der Waals surface area contributed by atoms with Crippen molar-refractivity contribution in [2.45, 2.75) is 69.7 Å². The van der Waals surface area contributed by atoms with E-state index < -0.39 is 23.8 Å². The van der Waals surface area contributed by atoms with Gasteiger partial charge in [0.05, 0.1) is 24.3 Å². The first-order valence-electron chi connectivity index (χ1n) is 7.46. The number of carbonyl (C=O) groups excluding carboxylic acids is 1. The van der Waals surface area contributed by atoms with Gasteiger partial charge >= 0.3 is 0 Å². The Morgan fingerprint density at radius 1 is 1.30 bits per heavy atom. The summed E-state index contributed by atoms with van der Waals surface area (Å²) in [6.45, 7) is 3.56. The predicted molar refractivity (Wildman–Crippen MR) is 76.2 cm³/mol. The van der Waals surface area contributed by atoms with Gasteiger partial charge in [0, 0.05) is 13.5 Å². The van der Waals surface area contributed by atoms with Crippen molar-refractivity contribution in [2.24, 2.45) is 0 Å². The number of amides is 1. The minimum Gasteiger partial charge on any atom is -0.395 e. The van der Waals surface area contributed by atoms with E-state index in [2.05, 4.69) is 17.6 Å². The van der Waals surface area contributed by atoms with Gasteiger partial charge in [-0.2, -0.15) is 0 Å². The van der Waals surface area contributed by atoms with Gasteiger partial charge in [0.1, 0.15) is 6.10 Å². The van der Waals surface area contributed by atoms with Crippen molar-refractivity contribution in [2.75, 3.05) is 13.2 Å². The van der Waals surface area contributed by atoms with Gasteiger partial charge in [0.2, 0.25) is 5.91 Å². The van der Waals surface area contributed by atoms with E-state index in [1.54, 1.807) is 0 Å². The smallest absolute Gasteiger partial charge is 0.216 e. The first-order chi connectivity index (χ1) is 9.46. The van der Waals surface area contributed by atoms with Crippen LogP contribution in [0.5, 0.6) is 0 Å². The Kier molecular flexibility index (Phi) is 6.88. The second-order valence-corrected chi connectivity index (χ2v) is 5.75. The standard InChI is InChI=1S/C14H28N2O4/c1-3-4-5-6-7-14(9-15-10(2)18)13(20)12(19)11(8-17)16-14/h11-13,16-17,19-20H,3-9H2,1-2H3,(H,15,18)/t11-,12-,13+,14-/m1/s1. The predicted octanol–water partition coefficient (Wildman–Crippen LogP) is -0.482. The number of hydrogen-bond donors (Lipinski definition) is 5. The van der Waals surface area contributed by atoms with E-state index in [1.807, 2.05) is 0 Å². The van der Waals surface area contributed by atoms with Gasteiger partial charge in [-0.05, 0) is 6.42 Å². The number of carbonyl (C=O) groups is 1. The molecule has 6 nitrogen and oxygen atoms in total. The molecule has 1 amide bonds. The molecule has 1 aliphatic heterocycles. The third-order valence-electron chi connectivity index (χ3n) is 4.10. The Bertz CT molecular complexity index is 314. The highest BCUT2D eigenvalue weighted by Crippen LogP contribution is 2.29. The Labute approximate surface area is 120 Å². The molecule has 5 N–H and O–H groups in total.